The molecule has 1 heterocycles. The standard InChI is InChI=1S/C21H22O6S2/c1-15-20(22)18-5-3-4-6-19(18)27-21(15)28-14-17-9-7-16(8-10-17)13-25-11-12-26-29(2,23)24/h3-10H,11-14H2,1-2H3. The molecular formula is C21H22O6S2. The first-order chi connectivity index (χ1) is 13.8. The molecule has 0 N–H and O–H groups in total. The Labute approximate surface area is 174 Å². The largest absolute Gasteiger partial charge is 0.449 e. The predicted molar refractivity (Wildman–Crippen MR) is 114 cm³/mol. The third-order valence-corrected chi connectivity index (χ3v) is 5.89. The van der Waals surface area contributed by atoms with E-state index in [4.69, 9.17) is 9.15 Å². The minimum absolute atomic E-state index is 0.00157. The number of thioether (sulfide) groups is 1. The smallest absolute Gasteiger partial charge is 0.264 e. The minimum atomic E-state index is -3.43. The van der Waals surface area contributed by atoms with Crippen molar-refractivity contribution in [1.29, 1.82) is 0 Å². The molecule has 0 saturated heterocycles. The van der Waals surface area contributed by atoms with Gasteiger partial charge in [0.15, 0.2) is 10.5 Å². The Morgan fingerprint density at radius 2 is 1.69 bits per heavy atom. The van der Waals surface area contributed by atoms with E-state index in [0.29, 0.717) is 34.0 Å². The molecule has 0 saturated carbocycles. The first-order valence-electron chi connectivity index (χ1n) is 8.99. The first-order valence-corrected chi connectivity index (χ1v) is 11.8. The maximum absolute atomic E-state index is 12.5. The number of benzene rings is 2. The summed E-state index contributed by atoms with van der Waals surface area (Å²) in [7, 11) is -3.43. The zero-order chi connectivity index (χ0) is 20.9. The molecule has 0 spiro atoms. The van der Waals surface area contributed by atoms with Crippen molar-refractivity contribution >= 4 is 32.8 Å². The Bertz CT molecular complexity index is 1130. The van der Waals surface area contributed by atoms with E-state index in [9.17, 15) is 13.2 Å². The van der Waals surface area contributed by atoms with Crippen molar-refractivity contribution in [3.8, 4) is 0 Å². The first kappa shape index (κ1) is 21.6. The van der Waals surface area contributed by atoms with Crippen LogP contribution in [0.1, 0.15) is 16.7 Å². The van der Waals surface area contributed by atoms with Gasteiger partial charge in [-0.2, -0.15) is 8.42 Å². The van der Waals surface area contributed by atoms with E-state index in [-0.39, 0.29) is 18.6 Å². The third kappa shape index (κ3) is 6.17. The van der Waals surface area contributed by atoms with Crippen molar-refractivity contribution in [2.45, 2.75) is 24.4 Å². The number of fused-ring (bicyclic) bond motifs is 1. The fraction of sp³-hybridized carbons (Fsp3) is 0.286. The normalized spacial score (nSPS) is 11.8. The highest BCUT2D eigenvalue weighted by Gasteiger charge is 2.11. The highest BCUT2D eigenvalue weighted by molar-refractivity contribution is 7.98. The molecule has 0 aliphatic carbocycles. The highest BCUT2D eigenvalue weighted by atomic mass is 32.2. The molecule has 0 atom stereocenters. The highest BCUT2D eigenvalue weighted by Crippen LogP contribution is 2.27. The molecule has 0 amide bonds. The number of ether oxygens (including phenoxy) is 1. The fourth-order valence-electron chi connectivity index (χ4n) is 2.67. The summed E-state index contributed by atoms with van der Waals surface area (Å²) in [5, 5.41) is 1.23. The lowest BCUT2D eigenvalue weighted by atomic mass is 10.2. The summed E-state index contributed by atoms with van der Waals surface area (Å²) in [5.41, 5.74) is 3.29. The lowest BCUT2D eigenvalue weighted by Crippen LogP contribution is -2.09. The maximum Gasteiger partial charge on any atom is 0.264 e. The van der Waals surface area contributed by atoms with E-state index >= 15 is 0 Å². The van der Waals surface area contributed by atoms with Gasteiger partial charge in [-0.05, 0) is 30.2 Å². The molecule has 0 bridgehead atoms. The van der Waals surface area contributed by atoms with Gasteiger partial charge in [0, 0.05) is 11.3 Å². The van der Waals surface area contributed by atoms with E-state index in [1.54, 1.807) is 19.1 Å². The van der Waals surface area contributed by atoms with Crippen molar-refractivity contribution < 1.29 is 21.8 Å². The fourth-order valence-corrected chi connectivity index (χ4v) is 3.99. The average molecular weight is 435 g/mol. The van der Waals surface area contributed by atoms with E-state index < -0.39 is 10.1 Å². The molecule has 0 fully saturated rings. The Kier molecular flexibility index (Phi) is 7.13. The van der Waals surface area contributed by atoms with Gasteiger partial charge in [0.1, 0.15) is 5.58 Å². The lowest BCUT2D eigenvalue weighted by Gasteiger charge is -2.08. The summed E-state index contributed by atoms with van der Waals surface area (Å²) >= 11 is 1.49. The van der Waals surface area contributed by atoms with Crippen LogP contribution in [0.3, 0.4) is 0 Å². The molecule has 0 aliphatic heterocycles. The Hall–Kier alpha value is -2.13. The van der Waals surface area contributed by atoms with E-state index in [2.05, 4.69) is 4.18 Å². The van der Waals surface area contributed by atoms with Gasteiger partial charge < -0.3 is 9.15 Å². The number of para-hydroxylation sites is 1. The molecule has 6 nitrogen and oxygen atoms in total. The Morgan fingerprint density at radius 3 is 2.41 bits per heavy atom. The summed E-state index contributed by atoms with van der Waals surface area (Å²) in [4.78, 5) is 12.5. The molecule has 29 heavy (non-hydrogen) atoms. The van der Waals surface area contributed by atoms with Gasteiger partial charge in [-0.1, -0.05) is 48.2 Å². The molecule has 154 valence electrons. The summed E-state index contributed by atoms with van der Waals surface area (Å²) in [6.07, 6.45) is 1.01. The van der Waals surface area contributed by atoms with E-state index in [0.717, 1.165) is 17.4 Å². The van der Waals surface area contributed by atoms with Crippen molar-refractivity contribution in [3.05, 3.63) is 75.4 Å². The minimum Gasteiger partial charge on any atom is -0.449 e. The van der Waals surface area contributed by atoms with Crippen LogP contribution in [-0.2, 0) is 31.4 Å². The molecule has 0 aliphatic rings. The van der Waals surface area contributed by atoms with Gasteiger partial charge in [0.2, 0.25) is 0 Å². The SMILES string of the molecule is Cc1c(SCc2ccc(COCCOS(C)(=O)=O)cc2)oc2ccccc2c1=O. The van der Waals surface area contributed by atoms with Gasteiger partial charge in [-0.25, -0.2) is 0 Å². The number of hydrogen-bond donors (Lipinski definition) is 0. The van der Waals surface area contributed by atoms with Gasteiger partial charge in [-0.3, -0.25) is 8.98 Å². The van der Waals surface area contributed by atoms with Crippen LogP contribution in [0.25, 0.3) is 11.0 Å². The number of rotatable bonds is 9. The summed E-state index contributed by atoms with van der Waals surface area (Å²) < 4.78 is 37.7. The van der Waals surface area contributed by atoms with Crippen LogP contribution in [0.2, 0.25) is 0 Å². The summed E-state index contributed by atoms with van der Waals surface area (Å²) in [6, 6.07) is 15.2. The van der Waals surface area contributed by atoms with Crippen LogP contribution >= 0.6 is 11.8 Å². The van der Waals surface area contributed by atoms with Gasteiger partial charge in [0.05, 0.1) is 31.5 Å². The quantitative estimate of drug-likeness (QED) is 0.287. The molecule has 0 radical (unpaired) electrons. The summed E-state index contributed by atoms with van der Waals surface area (Å²) in [5.74, 6) is 0.672. The second-order valence-electron chi connectivity index (χ2n) is 6.52. The topological polar surface area (TPSA) is 82.8 Å². The van der Waals surface area contributed by atoms with Crippen LogP contribution in [0.4, 0.5) is 0 Å². The van der Waals surface area contributed by atoms with E-state index in [1.165, 1.54) is 11.8 Å². The maximum atomic E-state index is 12.5. The zero-order valence-corrected chi connectivity index (χ0v) is 17.8. The Morgan fingerprint density at radius 1 is 1.00 bits per heavy atom. The van der Waals surface area contributed by atoms with Crippen molar-refractivity contribution in [2.24, 2.45) is 0 Å². The van der Waals surface area contributed by atoms with Crippen LogP contribution in [0.5, 0.6) is 0 Å². The lowest BCUT2D eigenvalue weighted by molar-refractivity contribution is 0.0911. The van der Waals surface area contributed by atoms with E-state index in [1.807, 2.05) is 36.4 Å². The second kappa shape index (κ2) is 9.58. The predicted octanol–water partition coefficient (Wildman–Crippen LogP) is 3.89. The van der Waals surface area contributed by atoms with Crippen LogP contribution in [0.15, 0.2) is 62.8 Å². The molecule has 3 rings (SSSR count). The number of hydrogen-bond acceptors (Lipinski definition) is 7. The Balaban J connectivity index is 1.55. The van der Waals surface area contributed by atoms with Gasteiger partial charge in [0.25, 0.3) is 10.1 Å². The summed E-state index contributed by atoms with van der Waals surface area (Å²) in [6.45, 7) is 2.36. The zero-order valence-electron chi connectivity index (χ0n) is 16.2. The van der Waals surface area contributed by atoms with Gasteiger partial charge >= 0.3 is 0 Å². The monoisotopic (exact) mass is 434 g/mol. The van der Waals surface area contributed by atoms with Crippen LogP contribution in [0, 0.1) is 6.92 Å². The van der Waals surface area contributed by atoms with Crippen molar-refractivity contribution in [1.82, 2.24) is 0 Å². The molecule has 0 unspecified atom stereocenters. The molecule has 1 aromatic heterocycles. The van der Waals surface area contributed by atoms with Crippen molar-refractivity contribution in [2.75, 3.05) is 19.5 Å². The molecule has 3 aromatic rings. The second-order valence-corrected chi connectivity index (χ2v) is 9.12. The molecule has 8 heteroatoms. The third-order valence-electron chi connectivity index (χ3n) is 4.17. The van der Waals surface area contributed by atoms with Crippen molar-refractivity contribution in [3.63, 3.8) is 0 Å². The molecular weight excluding hydrogens is 412 g/mol. The average Bonchev–Trinajstić information content (AvgIpc) is 2.69. The van der Waals surface area contributed by atoms with Gasteiger partial charge in [-0.15, -0.1) is 0 Å². The van der Waals surface area contributed by atoms with Crippen LogP contribution in [-0.4, -0.2) is 27.9 Å². The molecule has 2 aromatic carbocycles. The van der Waals surface area contributed by atoms with Crippen LogP contribution < -0.4 is 5.43 Å².